The van der Waals surface area contributed by atoms with Gasteiger partial charge in [0.25, 0.3) is 0 Å². The number of nitrogens with two attached hydrogens (primary N) is 1. The average molecular weight is 283 g/mol. The average Bonchev–Trinajstić information content (AvgIpc) is 2.36. The van der Waals surface area contributed by atoms with E-state index in [1.807, 2.05) is 0 Å². The van der Waals surface area contributed by atoms with E-state index in [0.717, 1.165) is 0 Å². The molecule has 0 aliphatic carbocycles. The molecule has 0 saturated heterocycles. The van der Waals surface area contributed by atoms with Crippen LogP contribution in [-0.4, -0.2) is 21.6 Å². The number of rotatable bonds is 4. The molecule has 19 heavy (non-hydrogen) atoms. The van der Waals surface area contributed by atoms with Crippen LogP contribution in [0.4, 0.5) is 16.2 Å². The van der Waals surface area contributed by atoms with E-state index in [1.165, 1.54) is 30.3 Å². The first kappa shape index (κ1) is 13.5. The number of anilines is 2. The summed E-state index contributed by atoms with van der Waals surface area (Å²) in [5.74, 6) is 0.115. The molecule has 1 aromatic heterocycles. The van der Waals surface area contributed by atoms with Gasteiger partial charge in [-0.3, -0.25) is 0 Å². The lowest BCUT2D eigenvalue weighted by atomic mass is 10.1. The van der Waals surface area contributed by atoms with Crippen molar-refractivity contribution in [1.82, 2.24) is 9.97 Å². The standard InChI is InChI=1S/C12H12ClFN4O/c13-10-5-11(18-12(15)17-10)16-6-9(19)7-1-3-8(14)4-2-7/h1-5,9,19H,6H2,(H3,15,16,17,18). The van der Waals surface area contributed by atoms with E-state index >= 15 is 0 Å². The molecule has 100 valence electrons. The summed E-state index contributed by atoms with van der Waals surface area (Å²) >= 11 is 5.72. The van der Waals surface area contributed by atoms with Crippen LogP contribution in [0, 0.1) is 5.82 Å². The maximum atomic E-state index is 12.7. The van der Waals surface area contributed by atoms with Gasteiger partial charge in [0.2, 0.25) is 5.95 Å². The molecule has 5 nitrogen and oxygen atoms in total. The lowest BCUT2D eigenvalue weighted by molar-refractivity contribution is 0.191. The number of hydrogen-bond donors (Lipinski definition) is 3. The molecule has 1 aromatic carbocycles. The van der Waals surface area contributed by atoms with Crippen LogP contribution in [0.25, 0.3) is 0 Å². The lowest BCUT2D eigenvalue weighted by Gasteiger charge is -2.12. The van der Waals surface area contributed by atoms with Crippen molar-refractivity contribution in [2.75, 3.05) is 17.6 Å². The zero-order valence-corrected chi connectivity index (χ0v) is 10.6. The third-order valence-corrected chi connectivity index (χ3v) is 2.64. The van der Waals surface area contributed by atoms with Crippen LogP contribution >= 0.6 is 11.6 Å². The highest BCUT2D eigenvalue weighted by Crippen LogP contribution is 2.16. The molecule has 0 saturated carbocycles. The van der Waals surface area contributed by atoms with Gasteiger partial charge in [-0.1, -0.05) is 23.7 Å². The van der Waals surface area contributed by atoms with Crippen molar-refractivity contribution < 1.29 is 9.50 Å². The minimum atomic E-state index is -0.796. The van der Waals surface area contributed by atoms with E-state index < -0.39 is 6.10 Å². The van der Waals surface area contributed by atoms with Crippen molar-refractivity contribution in [1.29, 1.82) is 0 Å². The van der Waals surface area contributed by atoms with Crippen LogP contribution in [0.3, 0.4) is 0 Å². The Balaban J connectivity index is 1.99. The molecule has 0 radical (unpaired) electrons. The molecule has 4 N–H and O–H groups in total. The summed E-state index contributed by atoms with van der Waals surface area (Å²) in [4.78, 5) is 7.63. The number of nitrogen functional groups attached to an aromatic ring is 1. The van der Waals surface area contributed by atoms with Crippen LogP contribution in [0.5, 0.6) is 0 Å². The first-order valence-corrected chi connectivity index (χ1v) is 5.90. The molecule has 0 spiro atoms. The summed E-state index contributed by atoms with van der Waals surface area (Å²) in [6, 6.07) is 7.11. The van der Waals surface area contributed by atoms with Crippen molar-refractivity contribution in [3.8, 4) is 0 Å². The second-order valence-corrected chi connectivity index (χ2v) is 4.27. The van der Waals surface area contributed by atoms with Gasteiger partial charge in [-0.15, -0.1) is 0 Å². The molecule has 1 unspecified atom stereocenters. The smallest absolute Gasteiger partial charge is 0.223 e. The Labute approximate surface area is 114 Å². The van der Waals surface area contributed by atoms with Gasteiger partial charge in [-0.2, -0.15) is 4.98 Å². The summed E-state index contributed by atoms with van der Waals surface area (Å²) in [7, 11) is 0. The lowest BCUT2D eigenvalue weighted by Crippen LogP contribution is -2.13. The van der Waals surface area contributed by atoms with Gasteiger partial charge in [-0.25, -0.2) is 9.37 Å². The van der Waals surface area contributed by atoms with Crippen LogP contribution in [0.2, 0.25) is 5.15 Å². The Morgan fingerprint density at radius 1 is 1.32 bits per heavy atom. The molecule has 0 fully saturated rings. The highest BCUT2D eigenvalue weighted by molar-refractivity contribution is 6.29. The largest absolute Gasteiger partial charge is 0.387 e. The van der Waals surface area contributed by atoms with E-state index in [0.29, 0.717) is 11.4 Å². The number of nitrogens with one attached hydrogen (secondary N) is 1. The third kappa shape index (κ3) is 3.77. The molecule has 0 aliphatic heterocycles. The predicted octanol–water partition coefficient (Wildman–Crippen LogP) is 2.00. The minimum Gasteiger partial charge on any atom is -0.387 e. The number of hydrogen-bond acceptors (Lipinski definition) is 5. The normalized spacial score (nSPS) is 12.2. The van der Waals surface area contributed by atoms with Gasteiger partial charge in [0.15, 0.2) is 0 Å². The summed E-state index contributed by atoms with van der Waals surface area (Å²) in [6.45, 7) is 0.193. The molecule has 2 aromatic rings. The van der Waals surface area contributed by atoms with Crippen molar-refractivity contribution in [3.05, 3.63) is 46.9 Å². The van der Waals surface area contributed by atoms with Crippen LogP contribution < -0.4 is 11.1 Å². The molecular formula is C12H12ClFN4O. The van der Waals surface area contributed by atoms with Crippen LogP contribution in [-0.2, 0) is 0 Å². The van der Waals surface area contributed by atoms with E-state index in [1.54, 1.807) is 0 Å². The van der Waals surface area contributed by atoms with E-state index in [2.05, 4.69) is 15.3 Å². The maximum Gasteiger partial charge on any atom is 0.223 e. The summed E-state index contributed by atoms with van der Waals surface area (Å²) in [5, 5.41) is 13.0. The highest BCUT2D eigenvalue weighted by Gasteiger charge is 2.08. The van der Waals surface area contributed by atoms with Crippen molar-refractivity contribution in [2.24, 2.45) is 0 Å². The SMILES string of the molecule is Nc1nc(Cl)cc(NCC(O)c2ccc(F)cc2)n1. The number of nitrogens with zero attached hydrogens (tertiary/aromatic N) is 2. The summed E-state index contributed by atoms with van der Waals surface area (Å²) in [5.41, 5.74) is 6.04. The fourth-order valence-corrected chi connectivity index (χ4v) is 1.72. The van der Waals surface area contributed by atoms with Gasteiger partial charge in [0.1, 0.15) is 16.8 Å². The first-order valence-electron chi connectivity index (χ1n) is 5.52. The quantitative estimate of drug-likeness (QED) is 0.747. The molecule has 1 atom stereocenters. The molecule has 7 heteroatoms. The fourth-order valence-electron chi connectivity index (χ4n) is 1.53. The maximum absolute atomic E-state index is 12.7. The zero-order chi connectivity index (χ0) is 13.8. The van der Waals surface area contributed by atoms with Gasteiger partial charge >= 0.3 is 0 Å². The van der Waals surface area contributed by atoms with Crippen molar-refractivity contribution >= 4 is 23.4 Å². The first-order chi connectivity index (χ1) is 9.04. The second-order valence-electron chi connectivity index (χ2n) is 3.88. The molecule has 0 bridgehead atoms. The molecule has 0 aliphatic rings. The molecule has 2 rings (SSSR count). The Bertz CT molecular complexity index is 544. The van der Waals surface area contributed by atoms with Gasteiger partial charge in [0.05, 0.1) is 6.10 Å². The second kappa shape index (κ2) is 5.81. The number of benzene rings is 1. The number of halogens is 2. The Morgan fingerprint density at radius 2 is 2.00 bits per heavy atom. The van der Waals surface area contributed by atoms with E-state index in [-0.39, 0.29) is 23.5 Å². The number of aliphatic hydroxyl groups excluding tert-OH is 1. The van der Waals surface area contributed by atoms with Crippen LogP contribution in [0.1, 0.15) is 11.7 Å². The molecular weight excluding hydrogens is 271 g/mol. The highest BCUT2D eigenvalue weighted by atomic mass is 35.5. The Morgan fingerprint density at radius 3 is 2.63 bits per heavy atom. The van der Waals surface area contributed by atoms with Gasteiger partial charge in [-0.05, 0) is 17.7 Å². The Hall–Kier alpha value is -1.92. The van der Waals surface area contributed by atoms with Crippen LogP contribution in [0.15, 0.2) is 30.3 Å². The fraction of sp³-hybridized carbons (Fsp3) is 0.167. The van der Waals surface area contributed by atoms with Crippen molar-refractivity contribution in [2.45, 2.75) is 6.10 Å². The minimum absolute atomic E-state index is 0.0475. The van der Waals surface area contributed by atoms with E-state index in [9.17, 15) is 9.50 Å². The topological polar surface area (TPSA) is 84.1 Å². The summed E-state index contributed by atoms with van der Waals surface area (Å²) in [6.07, 6.45) is -0.796. The van der Waals surface area contributed by atoms with Gasteiger partial charge < -0.3 is 16.2 Å². The van der Waals surface area contributed by atoms with E-state index in [4.69, 9.17) is 17.3 Å². The Kier molecular flexibility index (Phi) is 4.13. The van der Waals surface area contributed by atoms with Crippen molar-refractivity contribution in [3.63, 3.8) is 0 Å². The molecule has 1 heterocycles. The zero-order valence-electron chi connectivity index (χ0n) is 9.85. The monoisotopic (exact) mass is 282 g/mol. The third-order valence-electron chi connectivity index (χ3n) is 2.44. The van der Waals surface area contributed by atoms with Gasteiger partial charge in [0, 0.05) is 12.6 Å². The molecule has 0 amide bonds. The summed E-state index contributed by atoms with van der Waals surface area (Å²) < 4.78 is 12.7. The number of aliphatic hydroxyl groups is 1. The predicted molar refractivity (Wildman–Crippen MR) is 71.3 cm³/mol. The number of aromatic nitrogens is 2.